The number of amides is 1. The van der Waals surface area contributed by atoms with E-state index in [-0.39, 0.29) is 6.04 Å². The van der Waals surface area contributed by atoms with Crippen molar-refractivity contribution in [3.8, 4) is 0 Å². The van der Waals surface area contributed by atoms with Gasteiger partial charge in [0.25, 0.3) is 0 Å². The molecule has 122 valence electrons. The van der Waals surface area contributed by atoms with Gasteiger partial charge in [-0.3, -0.25) is 0 Å². The highest BCUT2D eigenvalue weighted by atomic mass is 16.5. The summed E-state index contributed by atoms with van der Waals surface area (Å²) >= 11 is 0. The van der Waals surface area contributed by atoms with Crippen LogP contribution >= 0.6 is 0 Å². The molecule has 1 fully saturated rings. The third-order valence-electron chi connectivity index (χ3n) is 3.73. The number of rotatable bonds is 6. The van der Waals surface area contributed by atoms with Crippen molar-refractivity contribution in [1.29, 1.82) is 0 Å². The van der Waals surface area contributed by atoms with Crippen LogP contribution in [0.2, 0.25) is 0 Å². The lowest BCUT2D eigenvalue weighted by Gasteiger charge is -2.12. The van der Waals surface area contributed by atoms with Crippen LogP contribution in [0.4, 0.5) is 10.5 Å². The minimum Gasteiger partial charge on any atom is -0.453 e. The van der Waals surface area contributed by atoms with Crippen LogP contribution in [0, 0.1) is 0 Å². The summed E-state index contributed by atoms with van der Waals surface area (Å²) in [5.41, 5.74) is 1.94. The van der Waals surface area contributed by atoms with Crippen molar-refractivity contribution in [2.45, 2.75) is 38.3 Å². The van der Waals surface area contributed by atoms with Gasteiger partial charge in [0.15, 0.2) is 5.82 Å². The van der Waals surface area contributed by atoms with E-state index in [2.05, 4.69) is 25.5 Å². The summed E-state index contributed by atoms with van der Waals surface area (Å²) in [5, 5.41) is 9.99. The summed E-state index contributed by atoms with van der Waals surface area (Å²) in [6.07, 6.45) is 1.87. The fourth-order valence-corrected chi connectivity index (χ4v) is 2.21. The Hall–Kier alpha value is -2.57. The minimum atomic E-state index is -0.441. The number of methoxy groups -OCH3 is 1. The number of aromatic nitrogens is 2. The molecule has 1 atom stereocenters. The maximum absolute atomic E-state index is 11.0. The highest BCUT2D eigenvalue weighted by Crippen LogP contribution is 2.38. The Morgan fingerprint density at radius 3 is 2.78 bits per heavy atom. The fourth-order valence-electron chi connectivity index (χ4n) is 2.21. The molecule has 2 aromatic rings. The lowest BCUT2D eigenvalue weighted by Crippen LogP contribution is -2.22. The van der Waals surface area contributed by atoms with E-state index < -0.39 is 6.09 Å². The van der Waals surface area contributed by atoms with Gasteiger partial charge in [0.2, 0.25) is 5.89 Å². The summed E-state index contributed by atoms with van der Waals surface area (Å²) in [6.45, 7) is 2.41. The second-order valence-electron chi connectivity index (χ2n) is 5.67. The third-order valence-corrected chi connectivity index (χ3v) is 3.73. The van der Waals surface area contributed by atoms with Gasteiger partial charge in [-0.05, 0) is 37.5 Å². The number of nitrogens with zero attached hydrogens (tertiary/aromatic N) is 2. The highest BCUT2D eigenvalue weighted by molar-refractivity contribution is 5.66. The number of carbonyl (C=O) groups is 1. The second-order valence-corrected chi connectivity index (χ2v) is 5.67. The van der Waals surface area contributed by atoms with Gasteiger partial charge in [-0.25, -0.2) is 4.79 Å². The zero-order valence-corrected chi connectivity index (χ0v) is 13.2. The van der Waals surface area contributed by atoms with Crippen LogP contribution in [-0.2, 0) is 11.3 Å². The SMILES string of the molecule is COC(=O)NCc1ccc(NC(C)c2nc(C3CC3)no2)cc1. The number of alkyl carbamates (subject to hydrolysis) is 1. The molecule has 1 saturated carbocycles. The predicted molar refractivity (Wildman–Crippen MR) is 84.0 cm³/mol. The third kappa shape index (κ3) is 4.00. The van der Waals surface area contributed by atoms with Crippen LogP contribution < -0.4 is 10.6 Å². The molecule has 7 heteroatoms. The Morgan fingerprint density at radius 2 is 2.13 bits per heavy atom. The number of benzene rings is 1. The second kappa shape index (κ2) is 6.68. The molecule has 3 rings (SSSR count). The van der Waals surface area contributed by atoms with E-state index in [1.165, 1.54) is 7.11 Å². The average Bonchev–Trinajstić information content (AvgIpc) is 3.30. The monoisotopic (exact) mass is 316 g/mol. The predicted octanol–water partition coefficient (Wildman–Crippen LogP) is 2.98. The Balaban J connectivity index is 1.55. The van der Waals surface area contributed by atoms with E-state index in [9.17, 15) is 4.79 Å². The van der Waals surface area contributed by atoms with E-state index in [4.69, 9.17) is 4.52 Å². The van der Waals surface area contributed by atoms with Crippen molar-refractivity contribution in [2.24, 2.45) is 0 Å². The van der Waals surface area contributed by atoms with Crippen LogP contribution in [-0.4, -0.2) is 23.3 Å². The molecular weight excluding hydrogens is 296 g/mol. The molecule has 1 aliphatic carbocycles. The maximum atomic E-state index is 11.0. The molecular formula is C16H20N4O3. The summed E-state index contributed by atoms with van der Waals surface area (Å²) in [4.78, 5) is 15.5. The van der Waals surface area contributed by atoms with E-state index in [1.54, 1.807) is 0 Å². The van der Waals surface area contributed by atoms with Crippen molar-refractivity contribution in [1.82, 2.24) is 15.5 Å². The largest absolute Gasteiger partial charge is 0.453 e. The molecule has 7 nitrogen and oxygen atoms in total. The molecule has 0 radical (unpaired) electrons. The van der Waals surface area contributed by atoms with Gasteiger partial charge in [0, 0.05) is 18.2 Å². The summed E-state index contributed by atoms with van der Waals surface area (Å²) in [5.74, 6) is 1.91. The number of ether oxygens (including phenoxy) is 1. The molecule has 2 N–H and O–H groups in total. The van der Waals surface area contributed by atoms with Gasteiger partial charge in [-0.2, -0.15) is 4.98 Å². The number of hydrogen-bond acceptors (Lipinski definition) is 6. The van der Waals surface area contributed by atoms with E-state index in [1.807, 2.05) is 31.2 Å². The average molecular weight is 316 g/mol. The fraction of sp³-hybridized carbons (Fsp3) is 0.438. The van der Waals surface area contributed by atoms with Crippen molar-refractivity contribution >= 4 is 11.8 Å². The Kier molecular flexibility index (Phi) is 4.45. The molecule has 0 spiro atoms. The molecule has 1 aromatic carbocycles. The van der Waals surface area contributed by atoms with Gasteiger partial charge in [-0.1, -0.05) is 17.3 Å². The maximum Gasteiger partial charge on any atom is 0.407 e. The number of hydrogen-bond donors (Lipinski definition) is 2. The van der Waals surface area contributed by atoms with Crippen LogP contribution in [0.1, 0.15) is 49.0 Å². The molecule has 0 bridgehead atoms. The van der Waals surface area contributed by atoms with Crippen LogP contribution in [0.5, 0.6) is 0 Å². The molecule has 1 aliphatic rings. The first-order chi connectivity index (χ1) is 11.2. The molecule has 0 aliphatic heterocycles. The molecule has 1 amide bonds. The first kappa shape index (κ1) is 15.3. The van der Waals surface area contributed by atoms with Gasteiger partial charge >= 0.3 is 6.09 Å². The molecule has 0 saturated heterocycles. The zero-order chi connectivity index (χ0) is 16.2. The Morgan fingerprint density at radius 1 is 1.39 bits per heavy atom. The van der Waals surface area contributed by atoms with Crippen molar-refractivity contribution in [2.75, 3.05) is 12.4 Å². The molecule has 1 heterocycles. The zero-order valence-electron chi connectivity index (χ0n) is 13.2. The quantitative estimate of drug-likeness (QED) is 0.851. The molecule has 1 unspecified atom stereocenters. The summed E-state index contributed by atoms with van der Waals surface area (Å²) in [6, 6.07) is 7.71. The Labute approximate surface area is 134 Å². The first-order valence-electron chi connectivity index (χ1n) is 7.66. The molecule has 23 heavy (non-hydrogen) atoms. The van der Waals surface area contributed by atoms with Gasteiger partial charge in [0.05, 0.1) is 7.11 Å². The van der Waals surface area contributed by atoms with Crippen molar-refractivity contribution in [3.05, 3.63) is 41.5 Å². The van der Waals surface area contributed by atoms with E-state index in [0.717, 1.165) is 29.9 Å². The smallest absolute Gasteiger partial charge is 0.407 e. The van der Waals surface area contributed by atoms with Crippen LogP contribution in [0.15, 0.2) is 28.8 Å². The summed E-state index contributed by atoms with van der Waals surface area (Å²) in [7, 11) is 1.34. The summed E-state index contributed by atoms with van der Waals surface area (Å²) < 4.78 is 9.85. The van der Waals surface area contributed by atoms with Crippen molar-refractivity contribution in [3.63, 3.8) is 0 Å². The minimum absolute atomic E-state index is 0.0611. The Bertz CT molecular complexity index is 664. The van der Waals surface area contributed by atoms with E-state index in [0.29, 0.717) is 18.4 Å². The van der Waals surface area contributed by atoms with Crippen molar-refractivity contribution < 1.29 is 14.1 Å². The standard InChI is InChI=1S/C16H20N4O3/c1-10(15-19-14(20-23-15)12-5-6-12)18-13-7-3-11(4-8-13)9-17-16(21)22-2/h3-4,7-8,10,12,18H,5-6,9H2,1-2H3,(H,17,21). The van der Waals surface area contributed by atoms with Gasteiger partial charge in [-0.15, -0.1) is 0 Å². The van der Waals surface area contributed by atoms with Gasteiger partial charge < -0.3 is 19.9 Å². The number of carbonyl (C=O) groups excluding carboxylic acids is 1. The normalized spacial score (nSPS) is 15.0. The number of nitrogens with one attached hydrogen (secondary N) is 2. The van der Waals surface area contributed by atoms with Crippen LogP contribution in [0.25, 0.3) is 0 Å². The van der Waals surface area contributed by atoms with Crippen LogP contribution in [0.3, 0.4) is 0 Å². The van der Waals surface area contributed by atoms with Gasteiger partial charge in [0.1, 0.15) is 6.04 Å². The lowest BCUT2D eigenvalue weighted by molar-refractivity contribution is 0.170. The number of anilines is 1. The first-order valence-corrected chi connectivity index (χ1v) is 7.66. The lowest BCUT2D eigenvalue weighted by atomic mass is 10.2. The van der Waals surface area contributed by atoms with E-state index >= 15 is 0 Å². The topological polar surface area (TPSA) is 89.3 Å². The molecule has 1 aromatic heterocycles. The highest BCUT2D eigenvalue weighted by Gasteiger charge is 2.29.